The predicted molar refractivity (Wildman–Crippen MR) is 67.0 cm³/mol. The first-order valence-corrected chi connectivity index (χ1v) is 6.60. The number of carbonyl (C=O) groups excluding carboxylic acids is 1. The number of primary amides is 1. The highest BCUT2D eigenvalue weighted by atomic mass is 32.1. The molecule has 2 aromatic rings. The van der Waals surface area contributed by atoms with Crippen molar-refractivity contribution in [3.8, 4) is 0 Å². The highest BCUT2D eigenvalue weighted by Gasteiger charge is 2.17. The second-order valence-electron chi connectivity index (χ2n) is 4.36. The molecule has 0 atom stereocenters. The van der Waals surface area contributed by atoms with E-state index in [-0.39, 0.29) is 0 Å². The molecule has 1 saturated heterocycles. The summed E-state index contributed by atoms with van der Waals surface area (Å²) in [5.74, 6) is 0.524. The summed E-state index contributed by atoms with van der Waals surface area (Å²) in [6, 6.07) is 0. The highest BCUT2D eigenvalue weighted by molar-refractivity contribution is 7.13. The first-order valence-electron chi connectivity index (χ1n) is 5.72. The van der Waals surface area contributed by atoms with E-state index in [1.54, 1.807) is 0 Å². The third-order valence-corrected chi connectivity index (χ3v) is 4.07. The highest BCUT2D eigenvalue weighted by Crippen LogP contribution is 2.24. The third kappa shape index (κ3) is 1.94. The monoisotopic (exact) mass is 250 g/mol. The van der Waals surface area contributed by atoms with Crippen LogP contribution in [0.15, 0.2) is 5.38 Å². The number of hydrogen-bond acceptors (Lipinski definition) is 4. The summed E-state index contributed by atoms with van der Waals surface area (Å²) < 4.78 is 0. The van der Waals surface area contributed by atoms with Gasteiger partial charge in [0, 0.05) is 5.38 Å². The number of amides is 1. The van der Waals surface area contributed by atoms with E-state index in [4.69, 9.17) is 5.73 Å². The van der Waals surface area contributed by atoms with Gasteiger partial charge < -0.3 is 10.7 Å². The van der Waals surface area contributed by atoms with Gasteiger partial charge in [0.25, 0.3) is 5.91 Å². The fourth-order valence-electron chi connectivity index (χ4n) is 2.27. The van der Waals surface area contributed by atoms with Crippen LogP contribution in [-0.4, -0.2) is 33.9 Å². The molecule has 5 nitrogen and oxygen atoms in total. The van der Waals surface area contributed by atoms with Gasteiger partial charge in [0.1, 0.15) is 16.2 Å². The zero-order chi connectivity index (χ0) is 11.8. The Kier molecular flexibility index (Phi) is 2.60. The van der Waals surface area contributed by atoms with E-state index < -0.39 is 5.91 Å². The third-order valence-electron chi connectivity index (χ3n) is 3.09. The molecule has 0 radical (unpaired) electrons. The Bertz CT molecular complexity index is 553. The lowest BCUT2D eigenvalue weighted by Gasteiger charge is -2.11. The molecule has 3 heterocycles. The number of rotatable bonds is 3. The molecule has 3 rings (SSSR count). The summed E-state index contributed by atoms with van der Waals surface area (Å²) >= 11 is 1.35. The van der Waals surface area contributed by atoms with Crippen molar-refractivity contribution in [2.75, 3.05) is 13.1 Å². The second kappa shape index (κ2) is 4.12. The molecule has 2 aromatic heterocycles. The Labute approximate surface area is 103 Å². The van der Waals surface area contributed by atoms with Crippen LogP contribution in [0, 0.1) is 0 Å². The van der Waals surface area contributed by atoms with Crippen LogP contribution in [0.1, 0.15) is 28.3 Å². The number of nitrogens with two attached hydrogens (primary N) is 1. The number of thiophene rings is 1. The van der Waals surface area contributed by atoms with Gasteiger partial charge in [0.2, 0.25) is 0 Å². The maximum atomic E-state index is 11.2. The summed E-state index contributed by atoms with van der Waals surface area (Å²) in [6.07, 6.45) is 2.53. The van der Waals surface area contributed by atoms with Crippen molar-refractivity contribution in [2.45, 2.75) is 19.4 Å². The number of hydrogen-bond donors (Lipinski definition) is 2. The first-order chi connectivity index (χ1) is 8.24. The van der Waals surface area contributed by atoms with E-state index in [0.29, 0.717) is 4.88 Å². The molecule has 1 aliphatic rings. The zero-order valence-corrected chi connectivity index (χ0v) is 10.2. The smallest absolute Gasteiger partial charge is 0.261 e. The SMILES string of the molecule is NC(=O)c1scc2[nH]c(CN3CCCC3)nc12. The van der Waals surface area contributed by atoms with Crippen molar-refractivity contribution in [1.29, 1.82) is 0 Å². The Morgan fingerprint density at radius 2 is 2.29 bits per heavy atom. The number of aromatic amines is 1. The van der Waals surface area contributed by atoms with Crippen LogP contribution in [0.3, 0.4) is 0 Å². The molecule has 1 aliphatic heterocycles. The number of likely N-dealkylation sites (tertiary alicyclic amines) is 1. The topological polar surface area (TPSA) is 75.0 Å². The minimum absolute atomic E-state index is 0.399. The van der Waals surface area contributed by atoms with E-state index in [9.17, 15) is 4.79 Å². The van der Waals surface area contributed by atoms with E-state index in [1.165, 1.54) is 24.2 Å². The van der Waals surface area contributed by atoms with Gasteiger partial charge in [-0.05, 0) is 25.9 Å². The molecule has 0 aromatic carbocycles. The molecule has 17 heavy (non-hydrogen) atoms. The van der Waals surface area contributed by atoms with Gasteiger partial charge in [-0.1, -0.05) is 0 Å². The molecular formula is C11H14N4OS. The fourth-order valence-corrected chi connectivity index (χ4v) is 3.06. The lowest BCUT2D eigenvalue weighted by atomic mass is 10.4. The number of nitrogens with zero attached hydrogens (tertiary/aromatic N) is 2. The van der Waals surface area contributed by atoms with Crippen molar-refractivity contribution in [2.24, 2.45) is 5.73 Å². The number of H-pyrrole nitrogens is 1. The number of nitrogens with one attached hydrogen (secondary N) is 1. The molecule has 0 aliphatic carbocycles. The average Bonchev–Trinajstić information content (AvgIpc) is 2.92. The average molecular weight is 250 g/mol. The number of carbonyl (C=O) groups is 1. The maximum absolute atomic E-state index is 11.2. The zero-order valence-electron chi connectivity index (χ0n) is 9.40. The van der Waals surface area contributed by atoms with Crippen LogP contribution in [0.2, 0.25) is 0 Å². The molecule has 6 heteroatoms. The molecule has 90 valence electrons. The van der Waals surface area contributed by atoms with Crippen LogP contribution >= 0.6 is 11.3 Å². The number of aromatic nitrogens is 2. The van der Waals surface area contributed by atoms with E-state index >= 15 is 0 Å². The maximum Gasteiger partial charge on any atom is 0.261 e. The van der Waals surface area contributed by atoms with E-state index in [0.717, 1.165) is 36.5 Å². The largest absolute Gasteiger partial charge is 0.365 e. The molecule has 0 unspecified atom stereocenters. The predicted octanol–water partition coefficient (Wildman–Crippen LogP) is 1.32. The second-order valence-corrected chi connectivity index (χ2v) is 5.24. The molecule has 0 spiro atoms. The minimum atomic E-state index is -0.399. The number of fused-ring (bicyclic) bond motifs is 1. The molecule has 1 fully saturated rings. The van der Waals surface area contributed by atoms with Gasteiger partial charge in [0.15, 0.2) is 0 Å². The summed E-state index contributed by atoms with van der Waals surface area (Å²) in [5, 5.41) is 1.90. The van der Waals surface area contributed by atoms with Gasteiger partial charge in [-0.15, -0.1) is 11.3 Å². The van der Waals surface area contributed by atoms with Crippen LogP contribution in [0.5, 0.6) is 0 Å². The Hall–Kier alpha value is -1.40. The lowest BCUT2D eigenvalue weighted by Crippen LogP contribution is -2.19. The summed E-state index contributed by atoms with van der Waals surface area (Å²) in [4.78, 5) is 21.8. The number of imidazole rings is 1. The van der Waals surface area contributed by atoms with Gasteiger partial charge in [-0.25, -0.2) is 4.98 Å². The van der Waals surface area contributed by atoms with Gasteiger partial charge in [0.05, 0.1) is 12.1 Å². The van der Waals surface area contributed by atoms with Crippen molar-refractivity contribution in [3.05, 3.63) is 16.1 Å². The normalized spacial score (nSPS) is 16.9. The molecular weight excluding hydrogens is 236 g/mol. The molecule has 1 amide bonds. The lowest BCUT2D eigenvalue weighted by molar-refractivity contribution is 0.101. The van der Waals surface area contributed by atoms with Gasteiger partial charge in [-0.2, -0.15) is 0 Å². The van der Waals surface area contributed by atoms with Gasteiger partial charge in [-0.3, -0.25) is 9.69 Å². The summed E-state index contributed by atoms with van der Waals surface area (Å²) in [7, 11) is 0. The van der Waals surface area contributed by atoms with E-state index in [2.05, 4.69) is 14.9 Å². The van der Waals surface area contributed by atoms with Crippen LogP contribution in [0.4, 0.5) is 0 Å². The van der Waals surface area contributed by atoms with Gasteiger partial charge >= 0.3 is 0 Å². The van der Waals surface area contributed by atoms with Crippen molar-refractivity contribution < 1.29 is 4.79 Å². The fraction of sp³-hybridized carbons (Fsp3) is 0.455. The van der Waals surface area contributed by atoms with Crippen molar-refractivity contribution in [3.63, 3.8) is 0 Å². The van der Waals surface area contributed by atoms with Crippen molar-refractivity contribution in [1.82, 2.24) is 14.9 Å². The Balaban J connectivity index is 1.88. The summed E-state index contributed by atoms with van der Waals surface area (Å²) in [6.45, 7) is 3.10. The molecule has 0 saturated carbocycles. The first kappa shape index (κ1) is 10.7. The molecule has 0 bridgehead atoms. The van der Waals surface area contributed by atoms with E-state index in [1.807, 2.05) is 5.38 Å². The standard InChI is InChI=1S/C11H14N4OS/c12-11(16)10-9-7(6-17-10)13-8(14-9)5-15-3-1-2-4-15/h6H,1-5H2,(H2,12,16)(H,13,14). The Morgan fingerprint density at radius 1 is 1.53 bits per heavy atom. The van der Waals surface area contributed by atoms with Crippen LogP contribution < -0.4 is 5.73 Å². The minimum Gasteiger partial charge on any atom is -0.365 e. The Morgan fingerprint density at radius 3 is 3.00 bits per heavy atom. The quantitative estimate of drug-likeness (QED) is 0.862. The summed E-state index contributed by atoms with van der Waals surface area (Å²) in [5.41, 5.74) is 6.94. The van der Waals surface area contributed by atoms with Crippen LogP contribution in [-0.2, 0) is 6.54 Å². The van der Waals surface area contributed by atoms with Crippen LogP contribution in [0.25, 0.3) is 11.0 Å². The molecule has 3 N–H and O–H groups in total. The van der Waals surface area contributed by atoms with Crippen molar-refractivity contribution >= 4 is 28.3 Å².